The van der Waals surface area contributed by atoms with Gasteiger partial charge >= 0.3 is 0 Å². The normalized spacial score (nSPS) is 10.5. The Morgan fingerprint density at radius 2 is 1.38 bits per heavy atom. The van der Waals surface area contributed by atoms with Gasteiger partial charge in [-0.2, -0.15) is 0 Å². The van der Waals surface area contributed by atoms with E-state index in [0.29, 0.717) is 5.88 Å². The summed E-state index contributed by atoms with van der Waals surface area (Å²) in [6.45, 7) is 0. The Bertz CT molecular complexity index is 930. The molecular weight excluding hydrogens is 296 g/mol. The summed E-state index contributed by atoms with van der Waals surface area (Å²) in [6, 6.07) is 30.1. The zero-order valence-corrected chi connectivity index (χ0v) is 13.0. The van der Waals surface area contributed by atoms with Crippen molar-refractivity contribution in [3.8, 4) is 28.4 Å². The first kappa shape index (κ1) is 14.3. The van der Waals surface area contributed by atoms with Crippen molar-refractivity contribution >= 4 is 0 Å². The smallest absolute Gasteiger partial charge is 0.238 e. The van der Waals surface area contributed by atoms with Gasteiger partial charge in [0.2, 0.25) is 5.88 Å². The van der Waals surface area contributed by atoms with Crippen LogP contribution in [-0.4, -0.2) is 9.78 Å². The largest absolute Gasteiger partial charge is 0.438 e. The molecule has 0 saturated heterocycles. The van der Waals surface area contributed by atoms with Crippen molar-refractivity contribution < 1.29 is 4.74 Å². The topological polar surface area (TPSA) is 27.1 Å². The molecule has 0 unspecified atom stereocenters. The van der Waals surface area contributed by atoms with E-state index in [-0.39, 0.29) is 0 Å². The minimum Gasteiger partial charge on any atom is -0.438 e. The fourth-order valence-electron chi connectivity index (χ4n) is 2.58. The molecular formula is C21H16N2O. The van der Waals surface area contributed by atoms with E-state index in [1.807, 2.05) is 79.0 Å². The molecule has 0 fully saturated rings. The van der Waals surface area contributed by atoms with Gasteiger partial charge in [-0.3, -0.25) is 0 Å². The number of ether oxygens (including phenoxy) is 1. The molecule has 0 aliphatic heterocycles. The molecule has 0 N–H and O–H groups in total. The molecule has 3 heteroatoms. The molecule has 0 atom stereocenters. The van der Waals surface area contributed by atoms with Crippen LogP contribution in [0.4, 0.5) is 0 Å². The average molecular weight is 312 g/mol. The maximum atomic E-state index is 5.91. The van der Waals surface area contributed by atoms with E-state index in [0.717, 1.165) is 22.6 Å². The van der Waals surface area contributed by atoms with Crippen LogP contribution >= 0.6 is 0 Å². The van der Waals surface area contributed by atoms with Gasteiger partial charge in [-0.1, -0.05) is 60.7 Å². The van der Waals surface area contributed by atoms with Crippen LogP contribution in [0, 0.1) is 0 Å². The highest BCUT2D eigenvalue weighted by molar-refractivity contribution is 5.65. The monoisotopic (exact) mass is 312 g/mol. The van der Waals surface area contributed by atoms with E-state index in [2.05, 4.69) is 23.3 Å². The molecule has 1 heterocycles. The van der Waals surface area contributed by atoms with Gasteiger partial charge in [-0.15, -0.1) is 5.10 Å². The zero-order chi connectivity index (χ0) is 16.2. The quantitative estimate of drug-likeness (QED) is 0.509. The summed E-state index contributed by atoms with van der Waals surface area (Å²) in [4.78, 5) is 0. The van der Waals surface area contributed by atoms with Gasteiger partial charge < -0.3 is 4.74 Å². The van der Waals surface area contributed by atoms with E-state index in [4.69, 9.17) is 4.74 Å². The minimum atomic E-state index is 0.573. The molecule has 0 saturated carbocycles. The van der Waals surface area contributed by atoms with Crippen LogP contribution in [0.15, 0.2) is 97.2 Å². The van der Waals surface area contributed by atoms with Crippen molar-refractivity contribution in [1.29, 1.82) is 0 Å². The number of hydrogen-bond donors (Lipinski definition) is 0. The summed E-state index contributed by atoms with van der Waals surface area (Å²) in [6.07, 6.45) is 1.89. The first-order chi connectivity index (χ1) is 11.9. The molecule has 0 aliphatic carbocycles. The lowest BCUT2D eigenvalue weighted by molar-refractivity contribution is 0.458. The SMILES string of the molecule is c1ccc(-c2cccc(Oc3ccn(-c4ccccc4)n3)c2)cc1. The van der Waals surface area contributed by atoms with Crippen molar-refractivity contribution in [2.24, 2.45) is 0 Å². The second kappa shape index (κ2) is 6.42. The maximum Gasteiger partial charge on any atom is 0.238 e. The van der Waals surface area contributed by atoms with Crippen LogP contribution in [0.5, 0.6) is 11.6 Å². The minimum absolute atomic E-state index is 0.573. The van der Waals surface area contributed by atoms with Gasteiger partial charge in [-0.05, 0) is 35.4 Å². The summed E-state index contributed by atoms with van der Waals surface area (Å²) < 4.78 is 7.71. The molecule has 0 aliphatic rings. The molecule has 0 radical (unpaired) electrons. The Balaban J connectivity index is 1.57. The Morgan fingerprint density at radius 1 is 0.667 bits per heavy atom. The molecule has 24 heavy (non-hydrogen) atoms. The molecule has 0 amide bonds. The highest BCUT2D eigenvalue weighted by Gasteiger charge is 2.05. The van der Waals surface area contributed by atoms with Crippen LogP contribution in [0.2, 0.25) is 0 Å². The summed E-state index contributed by atoms with van der Waals surface area (Å²) in [7, 11) is 0. The lowest BCUT2D eigenvalue weighted by Crippen LogP contribution is -1.94. The van der Waals surface area contributed by atoms with Gasteiger partial charge in [0.1, 0.15) is 5.75 Å². The van der Waals surface area contributed by atoms with Gasteiger partial charge in [0.15, 0.2) is 0 Å². The van der Waals surface area contributed by atoms with E-state index >= 15 is 0 Å². The molecule has 116 valence electrons. The summed E-state index contributed by atoms with van der Waals surface area (Å²) >= 11 is 0. The van der Waals surface area contributed by atoms with Crippen molar-refractivity contribution in [2.45, 2.75) is 0 Å². The first-order valence-electron chi connectivity index (χ1n) is 7.83. The van der Waals surface area contributed by atoms with Crippen LogP contribution in [0.1, 0.15) is 0 Å². The second-order valence-corrected chi connectivity index (χ2v) is 5.43. The Hall–Kier alpha value is -3.33. The van der Waals surface area contributed by atoms with Crippen molar-refractivity contribution in [2.75, 3.05) is 0 Å². The third kappa shape index (κ3) is 3.06. The van der Waals surface area contributed by atoms with E-state index in [1.165, 1.54) is 0 Å². The summed E-state index contributed by atoms with van der Waals surface area (Å²) in [5.74, 6) is 1.35. The number of rotatable bonds is 4. The predicted octanol–water partition coefficient (Wildman–Crippen LogP) is 5.33. The second-order valence-electron chi connectivity index (χ2n) is 5.43. The third-order valence-electron chi connectivity index (χ3n) is 3.75. The highest BCUT2D eigenvalue weighted by atomic mass is 16.5. The zero-order valence-electron chi connectivity index (χ0n) is 13.0. The van der Waals surface area contributed by atoms with E-state index < -0.39 is 0 Å². The van der Waals surface area contributed by atoms with Crippen LogP contribution in [0.3, 0.4) is 0 Å². The molecule has 0 bridgehead atoms. The predicted molar refractivity (Wildman–Crippen MR) is 95.5 cm³/mol. The number of benzene rings is 3. The highest BCUT2D eigenvalue weighted by Crippen LogP contribution is 2.26. The fourth-order valence-corrected chi connectivity index (χ4v) is 2.58. The fraction of sp³-hybridized carbons (Fsp3) is 0. The molecule has 4 rings (SSSR count). The van der Waals surface area contributed by atoms with Crippen LogP contribution in [0.25, 0.3) is 16.8 Å². The van der Waals surface area contributed by atoms with Gasteiger partial charge in [-0.25, -0.2) is 4.68 Å². The molecule has 4 aromatic rings. The van der Waals surface area contributed by atoms with E-state index in [1.54, 1.807) is 4.68 Å². The Labute approximate surface area is 140 Å². The summed E-state index contributed by atoms with van der Waals surface area (Å²) in [5.41, 5.74) is 3.29. The molecule has 0 spiro atoms. The van der Waals surface area contributed by atoms with Crippen molar-refractivity contribution in [3.63, 3.8) is 0 Å². The maximum absolute atomic E-state index is 5.91. The van der Waals surface area contributed by atoms with Gasteiger partial charge in [0.05, 0.1) is 5.69 Å². The standard InChI is InChI=1S/C21H16N2O/c1-3-8-17(9-4-1)18-10-7-13-20(16-18)24-21-14-15-23(22-21)19-11-5-2-6-12-19/h1-16H. The first-order valence-corrected chi connectivity index (χ1v) is 7.83. The van der Waals surface area contributed by atoms with Crippen LogP contribution in [-0.2, 0) is 0 Å². The number of para-hydroxylation sites is 1. The van der Waals surface area contributed by atoms with E-state index in [9.17, 15) is 0 Å². The lowest BCUT2D eigenvalue weighted by Gasteiger charge is -2.06. The summed E-state index contributed by atoms with van der Waals surface area (Å²) in [5, 5.41) is 4.47. The number of nitrogens with zero attached hydrogens (tertiary/aromatic N) is 2. The number of aromatic nitrogens is 2. The van der Waals surface area contributed by atoms with Gasteiger partial charge in [0, 0.05) is 12.3 Å². The van der Waals surface area contributed by atoms with Crippen LogP contribution < -0.4 is 4.74 Å². The lowest BCUT2D eigenvalue weighted by atomic mass is 10.1. The Kier molecular flexibility index (Phi) is 3.82. The number of hydrogen-bond acceptors (Lipinski definition) is 2. The molecule has 3 aromatic carbocycles. The third-order valence-corrected chi connectivity index (χ3v) is 3.75. The van der Waals surface area contributed by atoms with Gasteiger partial charge in [0.25, 0.3) is 0 Å². The average Bonchev–Trinajstić information content (AvgIpc) is 3.12. The van der Waals surface area contributed by atoms with Crippen molar-refractivity contribution in [1.82, 2.24) is 9.78 Å². The Morgan fingerprint density at radius 3 is 2.17 bits per heavy atom. The molecule has 1 aromatic heterocycles. The van der Waals surface area contributed by atoms with Crippen molar-refractivity contribution in [3.05, 3.63) is 97.2 Å². The molecule has 3 nitrogen and oxygen atoms in total.